The highest BCUT2D eigenvalue weighted by Gasteiger charge is 2.40. The molecule has 8 nitrogen and oxygen atoms in total. The molecule has 3 N–H and O–H groups in total. The van der Waals surface area contributed by atoms with Gasteiger partial charge in [-0.1, -0.05) is 11.6 Å². The number of benzene rings is 1. The number of ether oxygens (including phenoxy) is 2. The molecule has 1 aromatic carbocycles. The Labute approximate surface area is 194 Å². The number of amides is 1. The molecule has 0 unspecified atom stereocenters. The molecule has 0 aliphatic carbocycles. The Hall–Kier alpha value is -3.45. The largest absolute Gasteiger partial charge is 0.449 e. The lowest BCUT2D eigenvalue weighted by Gasteiger charge is -2.14. The van der Waals surface area contributed by atoms with Gasteiger partial charge in [0.05, 0.1) is 11.8 Å². The number of rotatable bonds is 8. The molecule has 0 spiro atoms. The molecule has 0 atom stereocenters. The van der Waals surface area contributed by atoms with Gasteiger partial charge < -0.3 is 20.5 Å². The second-order valence-corrected chi connectivity index (χ2v) is 7.19. The molecule has 0 saturated heterocycles. The first-order valence-corrected chi connectivity index (χ1v) is 9.91. The SMILES string of the molecule is COCCCn1ncc(C(=O)Nc2cc(F)c(Oc3ccnc(N)c3Cl)c(F)c2)c1C(F)(F)F. The normalized spacial score (nSPS) is 11.5. The van der Waals surface area contributed by atoms with Gasteiger partial charge in [0.25, 0.3) is 5.91 Å². The number of alkyl halides is 3. The number of carbonyl (C=O) groups excluding carboxylic acids is 1. The van der Waals surface area contributed by atoms with E-state index in [2.05, 4.69) is 10.1 Å². The summed E-state index contributed by atoms with van der Waals surface area (Å²) in [6.45, 7) is 0.0241. The number of methoxy groups -OCH3 is 1. The average Bonchev–Trinajstić information content (AvgIpc) is 3.18. The van der Waals surface area contributed by atoms with Gasteiger partial charge in [-0.15, -0.1) is 0 Å². The molecule has 0 bridgehead atoms. The molecular weight excluding hydrogens is 489 g/mol. The number of hydrogen-bond donors (Lipinski definition) is 2. The molecule has 0 fully saturated rings. The van der Waals surface area contributed by atoms with E-state index in [4.69, 9.17) is 26.8 Å². The minimum absolute atomic E-state index is 0.132. The van der Waals surface area contributed by atoms with Crippen molar-refractivity contribution >= 4 is 29.0 Å². The van der Waals surface area contributed by atoms with E-state index in [0.717, 1.165) is 6.20 Å². The zero-order valence-corrected chi connectivity index (χ0v) is 18.2. The second-order valence-electron chi connectivity index (χ2n) is 6.81. The quantitative estimate of drug-likeness (QED) is 0.333. The third kappa shape index (κ3) is 5.54. The fraction of sp³-hybridized carbons (Fsp3) is 0.250. The zero-order valence-electron chi connectivity index (χ0n) is 17.4. The van der Waals surface area contributed by atoms with Crippen LogP contribution in [0.1, 0.15) is 22.5 Å². The van der Waals surface area contributed by atoms with Crippen LogP contribution >= 0.6 is 11.6 Å². The molecule has 0 radical (unpaired) electrons. The van der Waals surface area contributed by atoms with Crippen LogP contribution < -0.4 is 15.8 Å². The van der Waals surface area contributed by atoms with E-state index in [0.29, 0.717) is 16.8 Å². The molecule has 0 aliphatic heterocycles. The summed E-state index contributed by atoms with van der Waals surface area (Å²) in [5, 5.41) is 5.47. The van der Waals surface area contributed by atoms with Crippen LogP contribution in [0.15, 0.2) is 30.6 Å². The number of nitrogen functional groups attached to an aromatic ring is 1. The lowest BCUT2D eigenvalue weighted by atomic mass is 10.2. The lowest BCUT2D eigenvalue weighted by Crippen LogP contribution is -2.21. The molecule has 0 saturated carbocycles. The van der Waals surface area contributed by atoms with Gasteiger partial charge in [0.15, 0.2) is 28.8 Å². The third-order valence-electron chi connectivity index (χ3n) is 4.42. The van der Waals surface area contributed by atoms with Gasteiger partial charge in [0, 0.05) is 50.3 Å². The van der Waals surface area contributed by atoms with E-state index in [-0.39, 0.29) is 36.2 Å². The van der Waals surface area contributed by atoms with Crippen LogP contribution in [0.2, 0.25) is 5.02 Å². The van der Waals surface area contributed by atoms with Crippen molar-refractivity contribution < 1.29 is 36.2 Å². The summed E-state index contributed by atoms with van der Waals surface area (Å²) in [6.07, 6.45) is -2.76. The minimum Gasteiger partial charge on any atom is -0.449 e. The van der Waals surface area contributed by atoms with Crippen LogP contribution in [0.25, 0.3) is 0 Å². The number of aromatic nitrogens is 3. The first kappa shape index (κ1) is 25.2. The van der Waals surface area contributed by atoms with Crippen LogP contribution in [0.5, 0.6) is 11.5 Å². The smallest absolute Gasteiger partial charge is 0.433 e. The maximum atomic E-state index is 14.5. The number of nitrogens with one attached hydrogen (secondary N) is 1. The minimum atomic E-state index is -4.91. The van der Waals surface area contributed by atoms with Gasteiger partial charge >= 0.3 is 6.18 Å². The number of hydrogen-bond acceptors (Lipinski definition) is 6. The highest BCUT2D eigenvalue weighted by Crippen LogP contribution is 2.36. The van der Waals surface area contributed by atoms with Crippen molar-refractivity contribution in [2.24, 2.45) is 0 Å². The Morgan fingerprint density at radius 2 is 1.94 bits per heavy atom. The molecule has 2 heterocycles. The number of carbonyl (C=O) groups is 1. The van der Waals surface area contributed by atoms with Gasteiger partial charge in [-0.3, -0.25) is 9.48 Å². The first-order valence-electron chi connectivity index (χ1n) is 9.53. The zero-order chi connectivity index (χ0) is 25.0. The standard InChI is InChI=1S/C20H17ClF5N5O3/c1-33-6-2-5-31-17(20(24,25)26)11(9-29-31)19(32)30-10-7-12(22)16(13(23)8-10)34-14-3-4-28-18(27)15(14)21/h3-4,7-9H,2,5-6H2,1H3,(H2,27,28)(H,30,32). The topological polar surface area (TPSA) is 104 Å². The van der Waals surface area contributed by atoms with E-state index < -0.39 is 46.4 Å². The molecule has 34 heavy (non-hydrogen) atoms. The van der Waals surface area contributed by atoms with Crippen molar-refractivity contribution in [3.05, 3.63) is 58.5 Å². The Balaban J connectivity index is 1.85. The molecular formula is C20H17ClF5N5O3. The Morgan fingerprint density at radius 3 is 2.56 bits per heavy atom. The number of nitrogens with two attached hydrogens (primary N) is 1. The van der Waals surface area contributed by atoms with Crippen LogP contribution in [-0.2, 0) is 17.5 Å². The van der Waals surface area contributed by atoms with Crippen LogP contribution in [0, 0.1) is 11.6 Å². The molecule has 3 aromatic rings. The average molecular weight is 506 g/mol. The second kappa shape index (κ2) is 10.2. The first-order chi connectivity index (χ1) is 16.0. The van der Waals surface area contributed by atoms with E-state index in [1.54, 1.807) is 0 Å². The summed E-state index contributed by atoms with van der Waals surface area (Å²) >= 11 is 5.89. The van der Waals surface area contributed by atoms with Gasteiger partial charge in [-0.25, -0.2) is 13.8 Å². The Kier molecular flexibility index (Phi) is 7.57. The summed E-state index contributed by atoms with van der Waals surface area (Å²) in [5.74, 6) is -4.96. The number of nitrogens with zero attached hydrogens (tertiary/aromatic N) is 3. The molecule has 2 aromatic heterocycles. The maximum absolute atomic E-state index is 14.5. The van der Waals surface area contributed by atoms with Gasteiger partial charge in [-0.05, 0) is 6.42 Å². The summed E-state index contributed by atoms with van der Waals surface area (Å²) in [6, 6.07) is 2.56. The molecule has 1 amide bonds. The van der Waals surface area contributed by atoms with Gasteiger partial charge in [0.1, 0.15) is 10.8 Å². The van der Waals surface area contributed by atoms with E-state index >= 15 is 0 Å². The van der Waals surface area contributed by atoms with Gasteiger partial charge in [0.2, 0.25) is 0 Å². The number of pyridine rings is 1. The van der Waals surface area contributed by atoms with Crippen LogP contribution in [-0.4, -0.2) is 34.4 Å². The maximum Gasteiger partial charge on any atom is 0.433 e. The van der Waals surface area contributed by atoms with Crippen molar-refractivity contribution in [1.82, 2.24) is 14.8 Å². The van der Waals surface area contributed by atoms with Gasteiger partial charge in [-0.2, -0.15) is 18.3 Å². The van der Waals surface area contributed by atoms with Crippen LogP contribution in [0.3, 0.4) is 0 Å². The number of halogens is 6. The van der Waals surface area contributed by atoms with Crippen molar-refractivity contribution in [3.8, 4) is 11.5 Å². The van der Waals surface area contributed by atoms with Crippen LogP contribution in [0.4, 0.5) is 33.5 Å². The highest BCUT2D eigenvalue weighted by molar-refractivity contribution is 6.34. The molecule has 182 valence electrons. The van der Waals surface area contributed by atoms with Crippen molar-refractivity contribution in [2.75, 3.05) is 24.8 Å². The van der Waals surface area contributed by atoms with Crippen molar-refractivity contribution in [1.29, 1.82) is 0 Å². The fourth-order valence-electron chi connectivity index (χ4n) is 2.94. The van der Waals surface area contributed by atoms with E-state index in [1.165, 1.54) is 19.4 Å². The van der Waals surface area contributed by atoms with E-state index in [1.807, 2.05) is 5.32 Å². The lowest BCUT2D eigenvalue weighted by molar-refractivity contribution is -0.144. The molecule has 3 rings (SSSR count). The van der Waals surface area contributed by atoms with Crippen molar-refractivity contribution in [3.63, 3.8) is 0 Å². The summed E-state index contributed by atoms with van der Waals surface area (Å²) < 4.78 is 80.3. The predicted octanol–water partition coefficient (Wildman–Crippen LogP) is 4.89. The number of aryl methyl sites for hydroxylation is 1. The molecule has 14 heteroatoms. The summed E-state index contributed by atoms with van der Waals surface area (Å²) in [5.41, 5.74) is 2.95. The summed E-state index contributed by atoms with van der Waals surface area (Å²) in [7, 11) is 1.39. The number of anilines is 2. The van der Waals surface area contributed by atoms with Crippen molar-refractivity contribution in [2.45, 2.75) is 19.1 Å². The Bertz CT molecular complexity index is 1180. The monoisotopic (exact) mass is 505 g/mol. The third-order valence-corrected chi connectivity index (χ3v) is 4.80. The Morgan fingerprint density at radius 1 is 1.26 bits per heavy atom. The summed E-state index contributed by atoms with van der Waals surface area (Å²) in [4.78, 5) is 16.2. The van der Waals surface area contributed by atoms with E-state index in [9.17, 15) is 26.7 Å². The molecule has 0 aliphatic rings. The highest BCUT2D eigenvalue weighted by atomic mass is 35.5. The predicted molar refractivity (Wildman–Crippen MR) is 112 cm³/mol. The fourth-order valence-corrected chi connectivity index (χ4v) is 3.09.